The van der Waals surface area contributed by atoms with E-state index in [1.165, 1.54) is 0 Å². The molecule has 172 valence electrons. The van der Waals surface area contributed by atoms with Crippen LogP contribution in [0.3, 0.4) is 0 Å². The van der Waals surface area contributed by atoms with Gasteiger partial charge in [0, 0.05) is 25.8 Å². The number of rotatable bonds is 8. The van der Waals surface area contributed by atoms with Crippen molar-refractivity contribution in [1.29, 1.82) is 0 Å². The maximum absolute atomic E-state index is 12.6. The molecule has 0 spiro atoms. The SMILES string of the molecule is CN(c1ncnc2[nH]ccc12)C1CCC(CS(=O)(=O)NCCc2ccc(Cl)c(Cl)c2)CC1. The molecule has 3 aromatic rings. The zero-order valence-electron chi connectivity index (χ0n) is 17.9. The van der Waals surface area contributed by atoms with Gasteiger partial charge in [-0.25, -0.2) is 23.1 Å². The minimum absolute atomic E-state index is 0.166. The highest BCUT2D eigenvalue weighted by Gasteiger charge is 2.28. The minimum Gasteiger partial charge on any atom is -0.356 e. The zero-order valence-corrected chi connectivity index (χ0v) is 20.2. The molecule has 0 aliphatic heterocycles. The minimum atomic E-state index is -3.33. The summed E-state index contributed by atoms with van der Waals surface area (Å²) in [4.78, 5) is 14.1. The number of H-pyrrole nitrogens is 1. The van der Waals surface area contributed by atoms with Gasteiger partial charge in [-0.15, -0.1) is 0 Å². The van der Waals surface area contributed by atoms with Crippen molar-refractivity contribution in [2.75, 3.05) is 24.2 Å². The maximum atomic E-state index is 12.6. The first kappa shape index (κ1) is 23.3. The molecule has 10 heteroatoms. The van der Waals surface area contributed by atoms with E-state index in [9.17, 15) is 8.42 Å². The molecule has 1 aliphatic rings. The highest BCUT2D eigenvalue weighted by molar-refractivity contribution is 7.89. The van der Waals surface area contributed by atoms with E-state index in [0.717, 1.165) is 48.1 Å². The van der Waals surface area contributed by atoms with Crippen molar-refractivity contribution in [2.45, 2.75) is 38.1 Å². The summed E-state index contributed by atoms with van der Waals surface area (Å²) in [5.74, 6) is 1.25. The number of fused-ring (bicyclic) bond motifs is 1. The van der Waals surface area contributed by atoms with E-state index in [4.69, 9.17) is 23.2 Å². The summed E-state index contributed by atoms with van der Waals surface area (Å²) in [6, 6.07) is 7.69. The van der Waals surface area contributed by atoms with Crippen molar-refractivity contribution in [3.8, 4) is 0 Å². The molecule has 0 radical (unpaired) electrons. The zero-order chi connectivity index (χ0) is 22.7. The second kappa shape index (κ2) is 9.95. The van der Waals surface area contributed by atoms with Gasteiger partial charge in [0.2, 0.25) is 10.0 Å². The predicted molar refractivity (Wildman–Crippen MR) is 130 cm³/mol. The number of hydrogen-bond acceptors (Lipinski definition) is 5. The highest BCUT2D eigenvalue weighted by atomic mass is 35.5. The molecule has 32 heavy (non-hydrogen) atoms. The van der Waals surface area contributed by atoms with Gasteiger partial charge in [0.25, 0.3) is 0 Å². The summed E-state index contributed by atoms with van der Waals surface area (Å²) in [6.07, 6.45) is 7.65. The number of aromatic nitrogens is 3. The molecular weight excluding hydrogens is 469 g/mol. The van der Waals surface area contributed by atoms with Crippen molar-refractivity contribution in [3.63, 3.8) is 0 Å². The Morgan fingerprint density at radius 2 is 1.91 bits per heavy atom. The lowest BCUT2D eigenvalue weighted by Crippen LogP contribution is -2.38. The Bertz CT molecular complexity index is 1180. The largest absolute Gasteiger partial charge is 0.356 e. The molecule has 0 saturated heterocycles. The van der Waals surface area contributed by atoms with E-state index in [-0.39, 0.29) is 11.7 Å². The number of sulfonamides is 1. The Morgan fingerprint density at radius 3 is 2.66 bits per heavy atom. The average Bonchev–Trinajstić information content (AvgIpc) is 3.25. The molecular formula is C22H27Cl2N5O2S. The van der Waals surface area contributed by atoms with Gasteiger partial charge < -0.3 is 9.88 Å². The molecule has 0 unspecified atom stereocenters. The molecule has 2 heterocycles. The number of nitrogens with one attached hydrogen (secondary N) is 2. The van der Waals surface area contributed by atoms with Gasteiger partial charge in [-0.2, -0.15) is 0 Å². The standard InChI is InChI=1S/C22H27Cl2N5O2S/c1-29(22-18-9-10-25-21(18)26-14-27-22)17-5-2-16(3-6-17)13-32(30,31)28-11-8-15-4-7-19(23)20(24)12-15/h4,7,9-10,12,14,16-17,28H,2-3,5-6,8,11,13H2,1H3,(H,25,26,27). The molecule has 1 aliphatic carbocycles. The average molecular weight is 496 g/mol. The summed E-state index contributed by atoms with van der Waals surface area (Å²) in [5.41, 5.74) is 1.78. The normalized spacial score (nSPS) is 19.3. The maximum Gasteiger partial charge on any atom is 0.211 e. The first-order valence-corrected chi connectivity index (χ1v) is 13.2. The summed E-state index contributed by atoms with van der Waals surface area (Å²) < 4.78 is 27.9. The second-order valence-electron chi connectivity index (χ2n) is 8.40. The van der Waals surface area contributed by atoms with Crippen LogP contribution in [0.5, 0.6) is 0 Å². The van der Waals surface area contributed by atoms with E-state index in [2.05, 4.69) is 31.6 Å². The lowest BCUT2D eigenvalue weighted by atomic mass is 9.86. The number of anilines is 1. The van der Waals surface area contributed by atoms with Gasteiger partial charge >= 0.3 is 0 Å². The molecule has 1 aromatic carbocycles. The van der Waals surface area contributed by atoms with Crippen LogP contribution in [0.15, 0.2) is 36.8 Å². The lowest BCUT2D eigenvalue weighted by Gasteiger charge is -2.35. The first-order chi connectivity index (χ1) is 15.3. The Morgan fingerprint density at radius 1 is 1.12 bits per heavy atom. The van der Waals surface area contributed by atoms with E-state index in [0.29, 0.717) is 29.1 Å². The van der Waals surface area contributed by atoms with Crippen LogP contribution in [0.1, 0.15) is 31.2 Å². The van der Waals surface area contributed by atoms with E-state index >= 15 is 0 Å². The molecule has 2 aromatic heterocycles. The molecule has 0 bridgehead atoms. The van der Waals surface area contributed by atoms with Crippen LogP contribution in [0.2, 0.25) is 10.0 Å². The van der Waals surface area contributed by atoms with E-state index in [1.54, 1.807) is 18.5 Å². The summed E-state index contributed by atoms with van der Waals surface area (Å²) in [7, 11) is -1.27. The van der Waals surface area contributed by atoms with Crippen LogP contribution >= 0.6 is 23.2 Å². The van der Waals surface area contributed by atoms with Crippen molar-refractivity contribution in [3.05, 3.63) is 52.4 Å². The van der Waals surface area contributed by atoms with Gasteiger partial charge in [-0.05, 0) is 61.8 Å². The number of hydrogen-bond donors (Lipinski definition) is 2. The van der Waals surface area contributed by atoms with Crippen molar-refractivity contribution in [2.24, 2.45) is 5.92 Å². The molecule has 4 rings (SSSR count). The third-order valence-electron chi connectivity index (χ3n) is 6.21. The topological polar surface area (TPSA) is 91.0 Å². The monoisotopic (exact) mass is 495 g/mol. The number of benzene rings is 1. The summed E-state index contributed by atoms with van der Waals surface area (Å²) in [5, 5.41) is 1.98. The third kappa shape index (κ3) is 5.54. The van der Waals surface area contributed by atoms with Gasteiger partial charge in [0.15, 0.2) is 0 Å². The fourth-order valence-electron chi connectivity index (χ4n) is 4.43. The van der Waals surface area contributed by atoms with Crippen LogP contribution in [-0.2, 0) is 16.4 Å². The Balaban J connectivity index is 1.26. The Kier molecular flexibility index (Phi) is 7.24. The Hall–Kier alpha value is -1.87. The van der Waals surface area contributed by atoms with E-state index in [1.807, 2.05) is 18.3 Å². The van der Waals surface area contributed by atoms with Crippen LogP contribution in [0.4, 0.5) is 5.82 Å². The molecule has 0 atom stereocenters. The van der Waals surface area contributed by atoms with Crippen LogP contribution in [0.25, 0.3) is 11.0 Å². The third-order valence-corrected chi connectivity index (χ3v) is 8.50. The van der Waals surface area contributed by atoms with E-state index < -0.39 is 10.0 Å². The summed E-state index contributed by atoms with van der Waals surface area (Å²) in [6.45, 7) is 0.346. The first-order valence-electron chi connectivity index (χ1n) is 10.7. The fraction of sp³-hybridized carbons (Fsp3) is 0.455. The van der Waals surface area contributed by atoms with Gasteiger partial charge in [-0.3, -0.25) is 0 Å². The number of aromatic amines is 1. The lowest BCUT2D eigenvalue weighted by molar-refractivity contribution is 0.340. The number of nitrogens with zero attached hydrogens (tertiary/aromatic N) is 3. The molecule has 0 amide bonds. The fourth-order valence-corrected chi connectivity index (χ4v) is 6.23. The molecule has 1 saturated carbocycles. The smallest absolute Gasteiger partial charge is 0.211 e. The predicted octanol–water partition coefficient (Wildman–Crippen LogP) is 4.42. The van der Waals surface area contributed by atoms with Gasteiger partial charge in [0.1, 0.15) is 17.8 Å². The number of halogens is 2. The van der Waals surface area contributed by atoms with Gasteiger partial charge in [-0.1, -0.05) is 29.3 Å². The molecule has 2 N–H and O–H groups in total. The second-order valence-corrected chi connectivity index (χ2v) is 11.1. The van der Waals surface area contributed by atoms with Crippen LogP contribution in [0, 0.1) is 5.92 Å². The van der Waals surface area contributed by atoms with Crippen molar-refractivity contribution < 1.29 is 8.42 Å². The van der Waals surface area contributed by atoms with Crippen molar-refractivity contribution >= 4 is 50.1 Å². The molecule has 7 nitrogen and oxygen atoms in total. The molecule has 1 fully saturated rings. The Labute approximate surface area is 198 Å². The van der Waals surface area contributed by atoms with Crippen LogP contribution in [-0.4, -0.2) is 48.8 Å². The highest BCUT2D eigenvalue weighted by Crippen LogP contribution is 2.32. The van der Waals surface area contributed by atoms with Crippen LogP contribution < -0.4 is 9.62 Å². The van der Waals surface area contributed by atoms with Gasteiger partial charge in [0.05, 0.1) is 21.2 Å². The quantitative estimate of drug-likeness (QED) is 0.482. The summed E-state index contributed by atoms with van der Waals surface area (Å²) >= 11 is 12.0. The van der Waals surface area contributed by atoms with Crippen molar-refractivity contribution in [1.82, 2.24) is 19.7 Å².